The van der Waals surface area contributed by atoms with E-state index in [1.165, 1.54) is 25.7 Å². The number of hydrogen-bond donors (Lipinski definition) is 2. The molecular weight excluding hydrogens is 465 g/mol. The molecule has 7 heteroatoms. The van der Waals surface area contributed by atoms with Gasteiger partial charge in [0.2, 0.25) is 0 Å². The largest absolute Gasteiger partial charge is 0.508 e. The molecule has 190 valence electrons. The number of aromatic hydroxyl groups is 1. The molecule has 37 heavy (non-hydrogen) atoms. The summed E-state index contributed by atoms with van der Waals surface area (Å²) in [7, 11) is 0. The smallest absolute Gasteiger partial charge is 0.157 e. The number of fused-ring (bicyclic) bond motifs is 4. The fourth-order valence-corrected chi connectivity index (χ4v) is 6.50. The van der Waals surface area contributed by atoms with Crippen molar-refractivity contribution in [1.29, 1.82) is 0 Å². The summed E-state index contributed by atoms with van der Waals surface area (Å²) < 4.78 is 16.4. The van der Waals surface area contributed by atoms with Crippen molar-refractivity contribution in [2.24, 2.45) is 0 Å². The van der Waals surface area contributed by atoms with Gasteiger partial charge in [-0.3, -0.25) is 0 Å². The van der Waals surface area contributed by atoms with Crippen LogP contribution in [-0.4, -0.2) is 64.8 Å². The molecule has 0 aliphatic carbocycles. The van der Waals surface area contributed by atoms with Gasteiger partial charge in [0.1, 0.15) is 22.9 Å². The summed E-state index contributed by atoms with van der Waals surface area (Å²) in [5.74, 6) is 1.33. The Hall–Kier alpha value is -3.29. The molecule has 0 amide bonds. The van der Waals surface area contributed by atoms with Gasteiger partial charge >= 0.3 is 0 Å². The normalized spacial score (nSPS) is 21.9. The minimum Gasteiger partial charge on any atom is -0.508 e. The quantitative estimate of drug-likeness (QED) is 0.410. The molecule has 2 bridgehead atoms. The van der Waals surface area contributed by atoms with E-state index in [9.17, 15) is 5.11 Å². The number of aromatic nitrogens is 2. The topological polar surface area (TPSA) is 64.5 Å². The number of halogens is 1. The standard InChI is InChI=1S/C30H32FN5O/c31-28-24(26-16-22(37)15-19-5-1-2-6-23(19)26)9-10-25-29(28)33-27(11-14-35-12-3-4-13-35)34-30(25)36-17-20-7-8-21(18-36)32-20/h1-2,5-6,9-10,15-16,20-21,32,37H,3-4,7-8,11-14,17-18H2/t20-,21?/m0/s1. The molecule has 3 aliphatic heterocycles. The first-order chi connectivity index (χ1) is 18.1. The number of phenolic OH excluding ortho intramolecular Hbond substituents is 1. The minimum atomic E-state index is -0.350. The fourth-order valence-electron chi connectivity index (χ4n) is 6.50. The van der Waals surface area contributed by atoms with Crippen LogP contribution in [0.2, 0.25) is 0 Å². The number of piperazine rings is 1. The van der Waals surface area contributed by atoms with Gasteiger partial charge in [0, 0.05) is 49.1 Å². The van der Waals surface area contributed by atoms with E-state index < -0.39 is 0 Å². The van der Waals surface area contributed by atoms with Crippen LogP contribution in [0.5, 0.6) is 5.75 Å². The maximum Gasteiger partial charge on any atom is 0.157 e. The first-order valence-corrected chi connectivity index (χ1v) is 13.6. The predicted octanol–water partition coefficient (Wildman–Crippen LogP) is 4.87. The Kier molecular flexibility index (Phi) is 5.70. The zero-order valence-electron chi connectivity index (χ0n) is 21.0. The zero-order valence-corrected chi connectivity index (χ0v) is 21.0. The number of phenols is 1. The van der Waals surface area contributed by atoms with Gasteiger partial charge in [-0.2, -0.15) is 0 Å². The third-order valence-corrected chi connectivity index (χ3v) is 8.34. The molecule has 4 heterocycles. The van der Waals surface area contributed by atoms with Crippen LogP contribution in [0.25, 0.3) is 32.8 Å². The number of benzene rings is 3. The lowest BCUT2D eigenvalue weighted by Crippen LogP contribution is -2.51. The van der Waals surface area contributed by atoms with Crippen molar-refractivity contribution in [3.8, 4) is 16.9 Å². The summed E-state index contributed by atoms with van der Waals surface area (Å²) in [5.41, 5.74) is 1.50. The van der Waals surface area contributed by atoms with Crippen LogP contribution in [0.4, 0.5) is 10.2 Å². The molecule has 1 unspecified atom stereocenters. The van der Waals surface area contributed by atoms with Gasteiger partial charge in [-0.25, -0.2) is 14.4 Å². The van der Waals surface area contributed by atoms with Crippen molar-refractivity contribution >= 4 is 27.5 Å². The molecule has 0 saturated carbocycles. The van der Waals surface area contributed by atoms with Gasteiger partial charge in [-0.05, 0) is 73.3 Å². The summed E-state index contributed by atoms with van der Waals surface area (Å²) in [6.07, 6.45) is 5.54. The van der Waals surface area contributed by atoms with Gasteiger partial charge in [0.25, 0.3) is 0 Å². The van der Waals surface area contributed by atoms with Crippen LogP contribution in [-0.2, 0) is 6.42 Å². The van der Waals surface area contributed by atoms with Gasteiger partial charge in [0.05, 0.1) is 0 Å². The molecule has 3 aliphatic rings. The van der Waals surface area contributed by atoms with Crippen molar-refractivity contribution in [3.63, 3.8) is 0 Å². The number of rotatable bonds is 5. The lowest BCUT2D eigenvalue weighted by Gasteiger charge is -2.34. The maximum absolute atomic E-state index is 16.4. The second-order valence-electron chi connectivity index (χ2n) is 10.8. The molecule has 2 atom stereocenters. The van der Waals surface area contributed by atoms with E-state index >= 15 is 4.39 Å². The highest BCUT2D eigenvalue weighted by atomic mass is 19.1. The lowest BCUT2D eigenvalue weighted by molar-refractivity contribution is 0.341. The predicted molar refractivity (Wildman–Crippen MR) is 146 cm³/mol. The van der Waals surface area contributed by atoms with E-state index in [0.29, 0.717) is 41.0 Å². The van der Waals surface area contributed by atoms with Crippen molar-refractivity contribution in [2.75, 3.05) is 37.6 Å². The Balaban J connectivity index is 1.36. The van der Waals surface area contributed by atoms with Crippen LogP contribution < -0.4 is 10.2 Å². The Labute approximate surface area is 216 Å². The highest BCUT2D eigenvalue weighted by molar-refractivity contribution is 6.01. The second kappa shape index (κ2) is 9.23. The first kappa shape index (κ1) is 22.9. The molecule has 3 saturated heterocycles. The van der Waals surface area contributed by atoms with Gasteiger partial charge in [-0.15, -0.1) is 0 Å². The average Bonchev–Trinajstić information content (AvgIpc) is 3.56. The summed E-state index contributed by atoms with van der Waals surface area (Å²) >= 11 is 0. The number of anilines is 1. The molecule has 7 rings (SSSR count). The SMILES string of the molecule is Oc1cc(-c2ccc3c(N4CC5CC[C@@H](C4)N5)nc(CCN4CCCC4)nc3c2F)c2ccccc2c1. The molecule has 0 radical (unpaired) electrons. The highest BCUT2D eigenvalue weighted by Crippen LogP contribution is 2.38. The van der Waals surface area contributed by atoms with E-state index in [-0.39, 0.29) is 11.6 Å². The summed E-state index contributed by atoms with van der Waals surface area (Å²) in [6.45, 7) is 4.90. The van der Waals surface area contributed by atoms with Crippen LogP contribution >= 0.6 is 0 Å². The van der Waals surface area contributed by atoms with Crippen LogP contribution in [0, 0.1) is 5.82 Å². The molecule has 2 N–H and O–H groups in total. The van der Waals surface area contributed by atoms with Gasteiger partial charge in [0.15, 0.2) is 5.82 Å². The van der Waals surface area contributed by atoms with E-state index in [1.807, 2.05) is 36.4 Å². The Morgan fingerprint density at radius 1 is 0.919 bits per heavy atom. The third-order valence-electron chi connectivity index (χ3n) is 8.34. The van der Waals surface area contributed by atoms with Gasteiger partial charge in [-0.1, -0.05) is 30.3 Å². The molecule has 3 fully saturated rings. The number of nitrogens with one attached hydrogen (secondary N) is 1. The molecule has 1 aromatic heterocycles. The summed E-state index contributed by atoms with van der Waals surface area (Å²) in [4.78, 5) is 14.6. The van der Waals surface area contributed by atoms with Crippen molar-refractivity contribution in [3.05, 3.63) is 60.2 Å². The van der Waals surface area contributed by atoms with Crippen LogP contribution in [0.1, 0.15) is 31.5 Å². The molecule has 3 aromatic carbocycles. The zero-order chi connectivity index (χ0) is 24.9. The van der Waals surface area contributed by atoms with Crippen molar-refractivity contribution in [2.45, 2.75) is 44.2 Å². The van der Waals surface area contributed by atoms with E-state index in [4.69, 9.17) is 9.97 Å². The maximum atomic E-state index is 16.4. The second-order valence-corrected chi connectivity index (χ2v) is 10.8. The van der Waals surface area contributed by atoms with Crippen LogP contribution in [0.3, 0.4) is 0 Å². The molecular formula is C30H32FN5O. The third kappa shape index (κ3) is 4.20. The minimum absolute atomic E-state index is 0.124. The fraction of sp³-hybridized carbons (Fsp3) is 0.400. The Morgan fingerprint density at radius 2 is 1.70 bits per heavy atom. The van der Waals surface area contributed by atoms with E-state index in [0.717, 1.165) is 54.7 Å². The molecule has 6 nitrogen and oxygen atoms in total. The van der Waals surface area contributed by atoms with Crippen molar-refractivity contribution in [1.82, 2.24) is 20.2 Å². The monoisotopic (exact) mass is 497 g/mol. The average molecular weight is 498 g/mol. The van der Waals surface area contributed by atoms with Crippen LogP contribution in [0.15, 0.2) is 48.5 Å². The molecule has 4 aromatic rings. The van der Waals surface area contributed by atoms with Gasteiger partial charge < -0.3 is 20.2 Å². The summed E-state index contributed by atoms with van der Waals surface area (Å²) in [5, 5.41) is 16.6. The first-order valence-electron chi connectivity index (χ1n) is 13.6. The number of likely N-dealkylation sites (tertiary alicyclic amines) is 1. The van der Waals surface area contributed by atoms with E-state index in [1.54, 1.807) is 12.1 Å². The van der Waals surface area contributed by atoms with Crippen molar-refractivity contribution < 1.29 is 9.50 Å². The number of nitrogens with zero attached hydrogens (tertiary/aromatic N) is 4. The summed E-state index contributed by atoms with van der Waals surface area (Å²) in [6, 6.07) is 15.8. The Morgan fingerprint density at radius 3 is 2.51 bits per heavy atom. The highest BCUT2D eigenvalue weighted by Gasteiger charge is 2.34. The van der Waals surface area contributed by atoms with E-state index in [2.05, 4.69) is 15.1 Å². The Bertz CT molecular complexity index is 1470. The number of hydrogen-bond acceptors (Lipinski definition) is 6. The molecule has 0 spiro atoms. The lowest BCUT2D eigenvalue weighted by atomic mass is 9.96.